The molecule has 2 aromatic carbocycles. The minimum absolute atomic E-state index is 0.0718. The number of anilines is 1. The third-order valence-corrected chi connectivity index (χ3v) is 5.55. The fourth-order valence-corrected chi connectivity index (χ4v) is 3.71. The summed E-state index contributed by atoms with van der Waals surface area (Å²) in [5, 5.41) is 11.2. The van der Waals surface area contributed by atoms with Gasteiger partial charge in [-0.15, -0.1) is 0 Å². The number of carbonyl (C=O) groups is 1. The van der Waals surface area contributed by atoms with Crippen LogP contribution in [0, 0.1) is 5.82 Å². The Morgan fingerprint density at radius 1 is 1.21 bits per heavy atom. The molecule has 5 nitrogen and oxygen atoms in total. The van der Waals surface area contributed by atoms with Crippen molar-refractivity contribution >= 4 is 34.9 Å². The number of halogens is 3. The summed E-state index contributed by atoms with van der Waals surface area (Å²) in [4.78, 5) is 13.1. The molecule has 0 spiro atoms. The highest BCUT2D eigenvalue weighted by atomic mass is 35.5. The van der Waals surface area contributed by atoms with Gasteiger partial charge in [0.1, 0.15) is 17.7 Å². The number of carbonyl (C=O) groups excluding carboxylic acids is 1. The van der Waals surface area contributed by atoms with E-state index in [0.717, 1.165) is 11.4 Å². The predicted molar refractivity (Wildman–Crippen MR) is 111 cm³/mol. The van der Waals surface area contributed by atoms with Gasteiger partial charge in [-0.25, -0.2) is 9.07 Å². The molecule has 1 amide bonds. The highest BCUT2D eigenvalue weighted by Gasteiger charge is 2.32. The zero-order valence-corrected chi connectivity index (χ0v) is 16.9. The second kappa shape index (κ2) is 7.89. The number of rotatable bonds is 4. The van der Waals surface area contributed by atoms with E-state index in [1.54, 1.807) is 41.2 Å². The number of hydrogen-bond donors (Lipinski definition) is 2. The Hall–Kier alpha value is -2.83. The standard InChI is InChI=1S/C21H17Cl2FN4O/c1-12-19(21(29)25-11-14-4-2-3-5-17(14)24)20(28-18(27-12)8-9-26-28)13-6-7-15(22)16(23)10-13/h2-10,20,27H,11H2,1H3,(H,25,29). The van der Waals surface area contributed by atoms with Crippen LogP contribution in [-0.2, 0) is 11.3 Å². The molecule has 1 aliphatic heterocycles. The molecular weight excluding hydrogens is 414 g/mol. The molecule has 4 rings (SSSR count). The molecule has 29 heavy (non-hydrogen) atoms. The van der Waals surface area contributed by atoms with Gasteiger partial charge in [0, 0.05) is 23.9 Å². The van der Waals surface area contributed by atoms with E-state index in [1.807, 2.05) is 19.1 Å². The Morgan fingerprint density at radius 2 is 2.00 bits per heavy atom. The van der Waals surface area contributed by atoms with Crippen LogP contribution >= 0.6 is 23.2 Å². The highest BCUT2D eigenvalue weighted by molar-refractivity contribution is 6.42. The summed E-state index contributed by atoms with van der Waals surface area (Å²) >= 11 is 12.3. The molecule has 2 heterocycles. The Morgan fingerprint density at radius 3 is 2.76 bits per heavy atom. The van der Waals surface area contributed by atoms with Crippen molar-refractivity contribution in [1.82, 2.24) is 15.1 Å². The van der Waals surface area contributed by atoms with Crippen molar-refractivity contribution in [3.8, 4) is 0 Å². The lowest BCUT2D eigenvalue weighted by molar-refractivity contribution is -0.118. The summed E-state index contributed by atoms with van der Waals surface area (Å²) in [6, 6.07) is 12.9. The van der Waals surface area contributed by atoms with Crippen molar-refractivity contribution in [3.05, 3.63) is 93.0 Å². The van der Waals surface area contributed by atoms with Crippen LogP contribution in [0.1, 0.15) is 24.1 Å². The second-order valence-electron chi connectivity index (χ2n) is 6.67. The van der Waals surface area contributed by atoms with Crippen LogP contribution in [0.2, 0.25) is 10.0 Å². The number of hydrogen-bond acceptors (Lipinski definition) is 3. The van der Waals surface area contributed by atoms with Crippen LogP contribution < -0.4 is 10.6 Å². The largest absolute Gasteiger partial charge is 0.348 e. The fourth-order valence-electron chi connectivity index (χ4n) is 3.40. The molecule has 1 atom stereocenters. The van der Waals surface area contributed by atoms with E-state index < -0.39 is 6.04 Å². The molecule has 0 bridgehead atoms. The molecule has 1 aromatic heterocycles. The van der Waals surface area contributed by atoms with E-state index >= 15 is 0 Å². The van der Waals surface area contributed by atoms with Crippen LogP contribution in [0.3, 0.4) is 0 Å². The Kier molecular flexibility index (Phi) is 5.30. The number of aromatic nitrogens is 2. The van der Waals surface area contributed by atoms with Gasteiger partial charge >= 0.3 is 0 Å². The van der Waals surface area contributed by atoms with E-state index in [2.05, 4.69) is 15.7 Å². The molecule has 0 fully saturated rings. The van der Waals surface area contributed by atoms with Gasteiger partial charge in [-0.3, -0.25) is 4.79 Å². The van der Waals surface area contributed by atoms with Gasteiger partial charge in [0.05, 0.1) is 21.8 Å². The first-order valence-electron chi connectivity index (χ1n) is 8.93. The van der Waals surface area contributed by atoms with Crippen molar-refractivity contribution in [2.24, 2.45) is 0 Å². The first-order valence-corrected chi connectivity index (χ1v) is 9.69. The number of benzene rings is 2. The van der Waals surface area contributed by atoms with Crippen molar-refractivity contribution in [1.29, 1.82) is 0 Å². The van der Waals surface area contributed by atoms with Crippen molar-refractivity contribution in [2.45, 2.75) is 19.5 Å². The van der Waals surface area contributed by atoms with Crippen LogP contribution in [0.25, 0.3) is 0 Å². The number of nitrogens with one attached hydrogen (secondary N) is 2. The summed E-state index contributed by atoms with van der Waals surface area (Å²) in [7, 11) is 0. The maximum Gasteiger partial charge on any atom is 0.251 e. The van der Waals surface area contributed by atoms with E-state index in [9.17, 15) is 9.18 Å². The molecule has 0 saturated carbocycles. The number of fused-ring (bicyclic) bond motifs is 1. The Labute approximate surface area is 177 Å². The van der Waals surface area contributed by atoms with Crippen molar-refractivity contribution < 1.29 is 9.18 Å². The molecule has 8 heteroatoms. The monoisotopic (exact) mass is 430 g/mol. The highest BCUT2D eigenvalue weighted by Crippen LogP contribution is 2.37. The molecule has 0 radical (unpaired) electrons. The van der Waals surface area contributed by atoms with Crippen LogP contribution in [0.5, 0.6) is 0 Å². The van der Waals surface area contributed by atoms with Gasteiger partial charge in [-0.05, 0) is 30.7 Å². The van der Waals surface area contributed by atoms with Gasteiger partial charge in [-0.2, -0.15) is 5.10 Å². The van der Waals surface area contributed by atoms with E-state index in [-0.39, 0.29) is 18.3 Å². The van der Waals surface area contributed by atoms with Crippen LogP contribution in [0.15, 0.2) is 66.0 Å². The Balaban J connectivity index is 1.70. The molecule has 1 aliphatic rings. The third kappa shape index (κ3) is 3.73. The fraction of sp³-hybridized carbons (Fsp3) is 0.143. The lowest BCUT2D eigenvalue weighted by Gasteiger charge is -2.30. The SMILES string of the molecule is CC1=C(C(=O)NCc2ccccc2F)C(c2ccc(Cl)c(Cl)c2)n2nccc2N1. The number of nitrogens with zero attached hydrogens (tertiary/aromatic N) is 2. The molecule has 3 aromatic rings. The van der Waals surface area contributed by atoms with Crippen LogP contribution in [0.4, 0.5) is 10.2 Å². The van der Waals surface area contributed by atoms with Crippen LogP contribution in [-0.4, -0.2) is 15.7 Å². The lowest BCUT2D eigenvalue weighted by atomic mass is 9.94. The maximum atomic E-state index is 13.9. The summed E-state index contributed by atoms with van der Waals surface area (Å²) in [6.45, 7) is 1.89. The average molecular weight is 431 g/mol. The van der Waals surface area contributed by atoms with Gasteiger partial charge in [0.15, 0.2) is 0 Å². The van der Waals surface area contributed by atoms with E-state index in [0.29, 0.717) is 26.9 Å². The molecular formula is C21H17Cl2FN4O. The minimum Gasteiger partial charge on any atom is -0.348 e. The van der Waals surface area contributed by atoms with E-state index in [4.69, 9.17) is 23.2 Å². The maximum absolute atomic E-state index is 13.9. The molecule has 148 valence electrons. The minimum atomic E-state index is -0.503. The topological polar surface area (TPSA) is 59.0 Å². The quantitative estimate of drug-likeness (QED) is 0.616. The smallest absolute Gasteiger partial charge is 0.251 e. The zero-order valence-electron chi connectivity index (χ0n) is 15.4. The first-order chi connectivity index (χ1) is 14.0. The van der Waals surface area contributed by atoms with Crippen molar-refractivity contribution in [2.75, 3.05) is 5.32 Å². The average Bonchev–Trinajstić information content (AvgIpc) is 3.16. The normalized spacial score (nSPS) is 15.7. The Bertz CT molecular complexity index is 1130. The number of allylic oxidation sites excluding steroid dienone is 1. The molecule has 0 saturated heterocycles. The number of amides is 1. The molecule has 0 aliphatic carbocycles. The van der Waals surface area contributed by atoms with Gasteiger partial charge in [0.2, 0.25) is 0 Å². The van der Waals surface area contributed by atoms with Crippen molar-refractivity contribution in [3.63, 3.8) is 0 Å². The molecule has 2 N–H and O–H groups in total. The van der Waals surface area contributed by atoms with E-state index in [1.165, 1.54) is 6.07 Å². The predicted octanol–water partition coefficient (Wildman–Crippen LogP) is 4.93. The van der Waals surface area contributed by atoms with Gasteiger partial charge in [-0.1, -0.05) is 47.5 Å². The summed E-state index contributed by atoms with van der Waals surface area (Å²) < 4.78 is 15.6. The zero-order chi connectivity index (χ0) is 20.5. The second-order valence-corrected chi connectivity index (χ2v) is 7.49. The molecule has 1 unspecified atom stereocenters. The summed E-state index contributed by atoms with van der Waals surface area (Å²) in [5.41, 5.74) is 2.33. The lowest BCUT2D eigenvalue weighted by Crippen LogP contribution is -2.34. The first kappa shape index (κ1) is 19.5. The third-order valence-electron chi connectivity index (χ3n) is 4.81. The van der Waals surface area contributed by atoms with Gasteiger partial charge in [0.25, 0.3) is 5.91 Å². The summed E-state index contributed by atoms with van der Waals surface area (Å²) in [5.74, 6) is 0.0652. The van der Waals surface area contributed by atoms with Gasteiger partial charge < -0.3 is 10.6 Å². The summed E-state index contributed by atoms with van der Waals surface area (Å²) in [6.07, 6.45) is 1.65.